The van der Waals surface area contributed by atoms with Crippen molar-refractivity contribution in [1.29, 1.82) is 0 Å². The van der Waals surface area contributed by atoms with Gasteiger partial charge in [0.2, 0.25) is 0 Å². The third-order valence-corrected chi connectivity index (χ3v) is 4.79. The predicted molar refractivity (Wildman–Crippen MR) is 108 cm³/mol. The first-order valence-corrected chi connectivity index (χ1v) is 9.09. The average Bonchev–Trinajstić information content (AvgIpc) is 3.49. The fourth-order valence-corrected chi connectivity index (χ4v) is 3.43. The van der Waals surface area contributed by atoms with Gasteiger partial charge in [-0.3, -0.25) is 9.89 Å². The highest BCUT2D eigenvalue weighted by Gasteiger charge is 2.22. The summed E-state index contributed by atoms with van der Waals surface area (Å²) < 4.78 is 16.9. The van der Waals surface area contributed by atoms with Gasteiger partial charge in [-0.05, 0) is 36.4 Å². The molecule has 0 unspecified atom stereocenters. The third-order valence-electron chi connectivity index (χ3n) is 4.79. The molecule has 0 bridgehead atoms. The Kier molecular flexibility index (Phi) is 4.05. The van der Waals surface area contributed by atoms with E-state index in [1.54, 1.807) is 30.5 Å². The van der Waals surface area contributed by atoms with Crippen LogP contribution in [0.4, 0.5) is 0 Å². The monoisotopic (exact) mass is 387 g/mol. The number of H-pyrrole nitrogens is 1. The van der Waals surface area contributed by atoms with Crippen molar-refractivity contribution in [1.82, 2.24) is 15.5 Å². The molecule has 5 rings (SSSR count). The van der Waals surface area contributed by atoms with Crippen LogP contribution in [0.1, 0.15) is 16.1 Å². The number of methoxy groups -OCH3 is 1. The van der Waals surface area contributed by atoms with Crippen LogP contribution in [-0.4, -0.2) is 23.2 Å². The first-order chi connectivity index (χ1) is 14.2. The van der Waals surface area contributed by atoms with Crippen LogP contribution in [0.5, 0.6) is 5.75 Å². The third kappa shape index (κ3) is 2.93. The van der Waals surface area contributed by atoms with Gasteiger partial charge in [0.25, 0.3) is 5.91 Å². The molecule has 144 valence electrons. The Labute approximate surface area is 165 Å². The maximum absolute atomic E-state index is 12.8. The van der Waals surface area contributed by atoms with Gasteiger partial charge in [0, 0.05) is 5.39 Å². The van der Waals surface area contributed by atoms with E-state index in [0.717, 1.165) is 16.5 Å². The van der Waals surface area contributed by atoms with Gasteiger partial charge in [-0.1, -0.05) is 18.2 Å². The van der Waals surface area contributed by atoms with Crippen molar-refractivity contribution in [3.63, 3.8) is 0 Å². The Morgan fingerprint density at radius 2 is 2.07 bits per heavy atom. The Morgan fingerprint density at radius 3 is 2.86 bits per heavy atom. The molecule has 1 amide bonds. The van der Waals surface area contributed by atoms with E-state index >= 15 is 0 Å². The molecule has 3 aromatic heterocycles. The Balaban J connectivity index is 1.58. The maximum atomic E-state index is 12.8. The second-order valence-corrected chi connectivity index (χ2v) is 6.55. The summed E-state index contributed by atoms with van der Waals surface area (Å²) in [6.45, 7) is 0.287. The van der Waals surface area contributed by atoms with E-state index < -0.39 is 0 Å². The molecule has 0 atom stereocenters. The number of carbonyl (C=O) groups excluding carboxylic acids is 1. The van der Waals surface area contributed by atoms with Crippen molar-refractivity contribution in [3.8, 4) is 17.2 Å². The summed E-state index contributed by atoms with van der Waals surface area (Å²) in [5, 5.41) is 11.9. The van der Waals surface area contributed by atoms with E-state index in [9.17, 15) is 4.79 Å². The van der Waals surface area contributed by atoms with E-state index in [-0.39, 0.29) is 12.5 Å². The lowest BCUT2D eigenvalue weighted by molar-refractivity contribution is 0.0945. The second kappa shape index (κ2) is 6.87. The van der Waals surface area contributed by atoms with Gasteiger partial charge >= 0.3 is 0 Å². The minimum Gasteiger partial charge on any atom is -0.495 e. The van der Waals surface area contributed by atoms with E-state index in [1.165, 1.54) is 7.11 Å². The van der Waals surface area contributed by atoms with Crippen molar-refractivity contribution < 1.29 is 18.4 Å². The molecular formula is C22H17N3O4. The summed E-state index contributed by atoms with van der Waals surface area (Å²) in [5.74, 6) is 1.44. The van der Waals surface area contributed by atoms with E-state index in [4.69, 9.17) is 13.6 Å². The molecule has 29 heavy (non-hydrogen) atoms. The lowest BCUT2D eigenvalue weighted by Gasteiger charge is -2.10. The molecule has 0 aliphatic carbocycles. The molecule has 0 saturated heterocycles. The number of rotatable bonds is 5. The van der Waals surface area contributed by atoms with Crippen LogP contribution in [-0.2, 0) is 6.54 Å². The number of nitrogens with one attached hydrogen (secondary N) is 2. The smallest absolute Gasteiger partial charge is 0.255 e. The summed E-state index contributed by atoms with van der Waals surface area (Å²) in [7, 11) is 1.54. The number of nitrogens with zero attached hydrogens (tertiary/aromatic N) is 1. The normalized spacial score (nSPS) is 11.2. The summed E-state index contributed by atoms with van der Waals surface area (Å²) in [4.78, 5) is 12.8. The number of hydrogen-bond acceptors (Lipinski definition) is 5. The van der Waals surface area contributed by atoms with Crippen LogP contribution >= 0.6 is 0 Å². The number of aromatic amines is 1. The number of aromatic nitrogens is 2. The minimum absolute atomic E-state index is 0.267. The van der Waals surface area contributed by atoms with Crippen LogP contribution in [0.15, 0.2) is 69.7 Å². The summed E-state index contributed by atoms with van der Waals surface area (Å²) in [5.41, 5.74) is 2.52. The zero-order chi connectivity index (χ0) is 19.8. The Morgan fingerprint density at radius 1 is 1.17 bits per heavy atom. The van der Waals surface area contributed by atoms with Gasteiger partial charge in [-0.2, -0.15) is 5.10 Å². The van der Waals surface area contributed by atoms with E-state index in [1.807, 2.05) is 30.3 Å². The standard InChI is InChI=1S/C22H17N3O4/c1-27-21-15(22(26)23-12-14-6-4-10-28-14)8-9-16-19(21)20(25-24-16)18-11-13-5-2-3-7-17(13)29-18/h2-11H,12H2,1H3,(H,23,26)(H,24,25). The van der Waals surface area contributed by atoms with Gasteiger partial charge in [0.05, 0.1) is 36.4 Å². The maximum Gasteiger partial charge on any atom is 0.255 e. The molecule has 2 N–H and O–H groups in total. The first kappa shape index (κ1) is 17.1. The molecule has 0 spiro atoms. The van der Waals surface area contributed by atoms with Gasteiger partial charge in [0.15, 0.2) is 5.76 Å². The minimum atomic E-state index is -0.267. The lowest BCUT2D eigenvalue weighted by Crippen LogP contribution is -2.23. The summed E-state index contributed by atoms with van der Waals surface area (Å²) >= 11 is 0. The number of amides is 1. The van der Waals surface area contributed by atoms with Gasteiger partial charge in [0.1, 0.15) is 22.8 Å². The molecule has 7 heteroatoms. The number of fused-ring (bicyclic) bond motifs is 2. The fourth-order valence-electron chi connectivity index (χ4n) is 3.43. The van der Waals surface area contributed by atoms with Gasteiger partial charge < -0.3 is 18.9 Å². The molecule has 0 saturated carbocycles. The highest BCUT2D eigenvalue weighted by molar-refractivity contribution is 6.07. The molecule has 0 aliphatic heterocycles. The predicted octanol–water partition coefficient (Wildman–Crippen LogP) is 4.51. The first-order valence-electron chi connectivity index (χ1n) is 9.09. The van der Waals surface area contributed by atoms with Gasteiger partial charge in [-0.15, -0.1) is 0 Å². The second-order valence-electron chi connectivity index (χ2n) is 6.55. The van der Waals surface area contributed by atoms with E-state index in [0.29, 0.717) is 33.9 Å². The van der Waals surface area contributed by atoms with Crippen LogP contribution in [0.2, 0.25) is 0 Å². The molecule has 2 aromatic carbocycles. The molecular weight excluding hydrogens is 370 g/mol. The number of furan rings is 2. The van der Waals surface area contributed by atoms with Crippen molar-refractivity contribution >= 4 is 27.8 Å². The molecule has 0 fully saturated rings. The fraction of sp³-hybridized carbons (Fsp3) is 0.0909. The molecule has 5 aromatic rings. The quantitative estimate of drug-likeness (QED) is 0.463. The molecule has 7 nitrogen and oxygen atoms in total. The number of hydrogen-bond donors (Lipinski definition) is 2. The number of ether oxygens (including phenoxy) is 1. The summed E-state index contributed by atoms with van der Waals surface area (Å²) in [6.07, 6.45) is 1.57. The Hall–Kier alpha value is -4.00. The highest BCUT2D eigenvalue weighted by Crippen LogP contribution is 2.38. The number of benzene rings is 2. The topological polar surface area (TPSA) is 93.3 Å². The molecule has 3 heterocycles. The average molecular weight is 387 g/mol. The summed E-state index contributed by atoms with van der Waals surface area (Å²) in [6, 6.07) is 16.8. The van der Waals surface area contributed by atoms with Crippen molar-refractivity contribution in [3.05, 3.63) is 72.2 Å². The van der Waals surface area contributed by atoms with Crippen molar-refractivity contribution in [2.75, 3.05) is 7.11 Å². The van der Waals surface area contributed by atoms with Crippen LogP contribution in [0.3, 0.4) is 0 Å². The van der Waals surface area contributed by atoms with Crippen molar-refractivity contribution in [2.45, 2.75) is 6.54 Å². The van der Waals surface area contributed by atoms with Crippen LogP contribution in [0.25, 0.3) is 33.3 Å². The zero-order valence-electron chi connectivity index (χ0n) is 15.6. The van der Waals surface area contributed by atoms with Crippen LogP contribution < -0.4 is 10.1 Å². The van der Waals surface area contributed by atoms with Crippen molar-refractivity contribution in [2.24, 2.45) is 0 Å². The Bertz CT molecular complexity index is 1280. The highest BCUT2D eigenvalue weighted by atomic mass is 16.5. The zero-order valence-corrected chi connectivity index (χ0v) is 15.6. The lowest BCUT2D eigenvalue weighted by atomic mass is 10.1. The SMILES string of the molecule is COc1c(C(=O)NCc2ccco2)ccc2[nH]nc(-c3cc4ccccc4o3)c12. The molecule has 0 radical (unpaired) electrons. The molecule has 0 aliphatic rings. The largest absolute Gasteiger partial charge is 0.495 e. The number of para-hydroxylation sites is 1. The van der Waals surface area contributed by atoms with Crippen LogP contribution in [0, 0.1) is 0 Å². The number of carbonyl (C=O) groups is 1. The van der Waals surface area contributed by atoms with E-state index in [2.05, 4.69) is 15.5 Å². The van der Waals surface area contributed by atoms with Gasteiger partial charge in [-0.25, -0.2) is 0 Å².